The average Bonchev–Trinajstić information content (AvgIpc) is 2.97. The number of rotatable bonds is 4. The highest BCUT2D eigenvalue weighted by molar-refractivity contribution is 6.01. The van der Waals surface area contributed by atoms with Crippen molar-refractivity contribution in [2.45, 2.75) is 32.9 Å². The lowest BCUT2D eigenvalue weighted by Gasteiger charge is -2.18. The molecule has 2 N–H and O–H groups in total. The van der Waals surface area contributed by atoms with E-state index in [1.807, 2.05) is 62.4 Å². The molecule has 0 aliphatic carbocycles. The van der Waals surface area contributed by atoms with Gasteiger partial charge in [-0.05, 0) is 49.1 Å². The molecule has 3 amide bonds. The van der Waals surface area contributed by atoms with Crippen LogP contribution in [0.25, 0.3) is 0 Å². The Morgan fingerprint density at radius 3 is 2.60 bits per heavy atom. The lowest BCUT2D eigenvalue weighted by atomic mass is 10.1. The standard InChI is InChI=1S/C20H23N3O2/c1-14-8-9-17(12-15(14)2)23-11-10-18(19(23)24)22-20(25)21-13-16-6-4-3-5-7-16/h3-9,12,18H,10-11,13H2,1-2H3,(H2,21,22,25). The molecule has 2 aromatic rings. The quantitative estimate of drug-likeness (QED) is 0.901. The SMILES string of the molecule is Cc1ccc(N2CCC(NC(=O)NCc3ccccc3)C2=O)cc1C. The van der Waals surface area contributed by atoms with Crippen LogP contribution in [0.5, 0.6) is 0 Å². The predicted molar refractivity (Wildman–Crippen MR) is 98.5 cm³/mol. The normalized spacial score (nSPS) is 16.8. The topological polar surface area (TPSA) is 61.4 Å². The molecule has 0 aromatic heterocycles. The summed E-state index contributed by atoms with van der Waals surface area (Å²) < 4.78 is 0. The van der Waals surface area contributed by atoms with Crippen LogP contribution in [-0.2, 0) is 11.3 Å². The van der Waals surface area contributed by atoms with Gasteiger partial charge >= 0.3 is 6.03 Å². The van der Waals surface area contributed by atoms with E-state index in [9.17, 15) is 9.59 Å². The van der Waals surface area contributed by atoms with E-state index in [0.29, 0.717) is 19.5 Å². The van der Waals surface area contributed by atoms with Crippen molar-refractivity contribution in [3.05, 3.63) is 65.2 Å². The smallest absolute Gasteiger partial charge is 0.315 e. The van der Waals surface area contributed by atoms with Crippen LogP contribution in [0.3, 0.4) is 0 Å². The first kappa shape index (κ1) is 17.0. The molecule has 1 aliphatic heterocycles. The van der Waals surface area contributed by atoms with Crippen LogP contribution in [0.15, 0.2) is 48.5 Å². The summed E-state index contributed by atoms with van der Waals surface area (Å²) in [7, 11) is 0. The Kier molecular flexibility index (Phi) is 5.03. The Balaban J connectivity index is 1.56. The predicted octanol–water partition coefficient (Wildman–Crippen LogP) is 2.91. The van der Waals surface area contributed by atoms with Crippen molar-refractivity contribution in [2.24, 2.45) is 0 Å². The average molecular weight is 337 g/mol. The molecule has 5 nitrogen and oxygen atoms in total. The number of carbonyl (C=O) groups excluding carboxylic acids is 2. The summed E-state index contributed by atoms with van der Waals surface area (Å²) >= 11 is 0. The van der Waals surface area contributed by atoms with E-state index in [1.165, 1.54) is 5.56 Å². The van der Waals surface area contributed by atoms with E-state index in [2.05, 4.69) is 10.6 Å². The molecule has 25 heavy (non-hydrogen) atoms. The molecule has 0 spiro atoms. The van der Waals surface area contributed by atoms with E-state index < -0.39 is 6.04 Å². The zero-order valence-electron chi connectivity index (χ0n) is 14.6. The fourth-order valence-electron chi connectivity index (χ4n) is 2.95. The van der Waals surface area contributed by atoms with E-state index in [4.69, 9.17) is 0 Å². The molecule has 1 fully saturated rings. The number of benzene rings is 2. The Labute approximate surface area is 148 Å². The van der Waals surface area contributed by atoms with Crippen molar-refractivity contribution in [2.75, 3.05) is 11.4 Å². The van der Waals surface area contributed by atoms with Crippen molar-refractivity contribution in [3.8, 4) is 0 Å². The molecule has 2 aromatic carbocycles. The second-order valence-electron chi connectivity index (χ2n) is 6.41. The Hall–Kier alpha value is -2.82. The fraction of sp³-hybridized carbons (Fsp3) is 0.300. The van der Waals surface area contributed by atoms with Gasteiger partial charge in [0.05, 0.1) is 0 Å². The van der Waals surface area contributed by atoms with Gasteiger partial charge in [-0.25, -0.2) is 4.79 Å². The van der Waals surface area contributed by atoms with Crippen LogP contribution >= 0.6 is 0 Å². The van der Waals surface area contributed by atoms with Crippen LogP contribution in [0.2, 0.25) is 0 Å². The lowest BCUT2D eigenvalue weighted by molar-refractivity contribution is -0.118. The van der Waals surface area contributed by atoms with Gasteiger partial charge in [-0.3, -0.25) is 4.79 Å². The maximum Gasteiger partial charge on any atom is 0.315 e. The third-order valence-electron chi connectivity index (χ3n) is 4.61. The summed E-state index contributed by atoms with van der Waals surface area (Å²) in [6.07, 6.45) is 0.616. The van der Waals surface area contributed by atoms with Gasteiger partial charge in [0, 0.05) is 18.8 Å². The Bertz CT molecular complexity index is 774. The molecule has 3 rings (SSSR count). The van der Waals surface area contributed by atoms with Crippen LogP contribution < -0.4 is 15.5 Å². The van der Waals surface area contributed by atoms with Gasteiger partial charge in [-0.1, -0.05) is 36.4 Å². The summed E-state index contributed by atoms with van der Waals surface area (Å²) in [5.74, 6) is -0.0573. The Morgan fingerprint density at radius 1 is 1.12 bits per heavy atom. The van der Waals surface area contributed by atoms with E-state index in [0.717, 1.165) is 16.8 Å². The van der Waals surface area contributed by atoms with Gasteiger partial charge in [-0.2, -0.15) is 0 Å². The van der Waals surface area contributed by atoms with E-state index >= 15 is 0 Å². The number of aryl methyl sites for hydroxylation is 2. The van der Waals surface area contributed by atoms with Gasteiger partial charge in [0.15, 0.2) is 0 Å². The van der Waals surface area contributed by atoms with Crippen molar-refractivity contribution in [3.63, 3.8) is 0 Å². The number of nitrogens with one attached hydrogen (secondary N) is 2. The fourth-order valence-corrected chi connectivity index (χ4v) is 2.95. The summed E-state index contributed by atoms with van der Waals surface area (Å²) in [5.41, 5.74) is 4.27. The van der Waals surface area contributed by atoms with Crippen LogP contribution in [0.4, 0.5) is 10.5 Å². The summed E-state index contributed by atoms with van der Waals surface area (Å²) in [6, 6.07) is 14.9. The van der Waals surface area contributed by atoms with Crippen LogP contribution in [-0.4, -0.2) is 24.5 Å². The molecule has 1 atom stereocenters. The third-order valence-corrected chi connectivity index (χ3v) is 4.61. The number of carbonyl (C=O) groups is 2. The number of hydrogen-bond acceptors (Lipinski definition) is 2. The minimum Gasteiger partial charge on any atom is -0.334 e. The second kappa shape index (κ2) is 7.38. The maximum atomic E-state index is 12.6. The number of amides is 3. The number of nitrogens with zero attached hydrogens (tertiary/aromatic N) is 1. The van der Waals surface area contributed by atoms with Gasteiger partial charge < -0.3 is 15.5 Å². The largest absolute Gasteiger partial charge is 0.334 e. The number of anilines is 1. The third kappa shape index (κ3) is 3.99. The maximum absolute atomic E-state index is 12.6. The summed E-state index contributed by atoms with van der Waals surface area (Å²) in [5, 5.41) is 5.58. The molecule has 5 heteroatoms. The summed E-state index contributed by atoms with van der Waals surface area (Å²) in [4.78, 5) is 26.4. The first-order valence-corrected chi connectivity index (χ1v) is 8.51. The lowest BCUT2D eigenvalue weighted by Crippen LogP contribution is -2.45. The molecule has 0 bridgehead atoms. The van der Waals surface area contributed by atoms with Crippen LogP contribution in [0, 0.1) is 13.8 Å². The molecule has 1 saturated heterocycles. The highest BCUT2D eigenvalue weighted by Gasteiger charge is 2.33. The summed E-state index contributed by atoms with van der Waals surface area (Å²) in [6.45, 7) is 5.14. The zero-order chi connectivity index (χ0) is 17.8. The highest BCUT2D eigenvalue weighted by Crippen LogP contribution is 2.24. The minimum absolute atomic E-state index is 0.0573. The van der Waals surface area contributed by atoms with Gasteiger partial charge in [0.1, 0.15) is 6.04 Å². The minimum atomic E-state index is -0.475. The zero-order valence-corrected chi connectivity index (χ0v) is 14.6. The highest BCUT2D eigenvalue weighted by atomic mass is 16.2. The first-order chi connectivity index (χ1) is 12.0. The van der Waals surface area contributed by atoms with Gasteiger partial charge in [0.2, 0.25) is 5.91 Å². The molecule has 1 aliphatic rings. The second-order valence-corrected chi connectivity index (χ2v) is 6.41. The molecular weight excluding hydrogens is 314 g/mol. The van der Waals surface area contributed by atoms with Crippen molar-refractivity contribution in [1.29, 1.82) is 0 Å². The monoisotopic (exact) mass is 337 g/mol. The van der Waals surface area contributed by atoms with Crippen molar-refractivity contribution in [1.82, 2.24) is 10.6 Å². The molecule has 1 heterocycles. The first-order valence-electron chi connectivity index (χ1n) is 8.51. The number of hydrogen-bond donors (Lipinski definition) is 2. The van der Waals surface area contributed by atoms with Crippen molar-refractivity contribution >= 4 is 17.6 Å². The molecule has 0 saturated carbocycles. The van der Waals surface area contributed by atoms with Gasteiger partial charge in [-0.15, -0.1) is 0 Å². The van der Waals surface area contributed by atoms with E-state index in [1.54, 1.807) is 4.90 Å². The molecule has 130 valence electrons. The molecular formula is C20H23N3O2. The molecule has 1 unspecified atom stereocenters. The van der Waals surface area contributed by atoms with Gasteiger partial charge in [0.25, 0.3) is 0 Å². The molecule has 0 radical (unpaired) electrons. The van der Waals surface area contributed by atoms with Crippen LogP contribution in [0.1, 0.15) is 23.1 Å². The van der Waals surface area contributed by atoms with E-state index in [-0.39, 0.29) is 11.9 Å². The van der Waals surface area contributed by atoms with Crippen molar-refractivity contribution < 1.29 is 9.59 Å². The Morgan fingerprint density at radius 2 is 1.88 bits per heavy atom. The number of urea groups is 1.